The summed E-state index contributed by atoms with van der Waals surface area (Å²) in [5.41, 5.74) is 0. The summed E-state index contributed by atoms with van der Waals surface area (Å²) >= 11 is 0. The van der Waals surface area contributed by atoms with Gasteiger partial charge in [-0.3, -0.25) is 4.79 Å². The lowest BCUT2D eigenvalue weighted by molar-refractivity contribution is -0.125. The van der Waals surface area contributed by atoms with Crippen LogP contribution in [0, 0.1) is 5.82 Å². The molecule has 5 nitrogen and oxygen atoms in total. The van der Waals surface area contributed by atoms with Crippen LogP contribution in [0.1, 0.15) is 13.3 Å². The predicted molar refractivity (Wildman–Crippen MR) is 90.3 cm³/mol. The Balaban J connectivity index is 2.07. The molecule has 0 N–H and O–H groups in total. The van der Waals surface area contributed by atoms with Gasteiger partial charge in [0.15, 0.2) is 0 Å². The Labute approximate surface area is 142 Å². The first-order valence-electron chi connectivity index (χ1n) is 7.79. The highest BCUT2D eigenvalue weighted by Crippen LogP contribution is 2.18. The number of sulfonamides is 1. The summed E-state index contributed by atoms with van der Waals surface area (Å²) in [6, 6.07) is 4.79. The van der Waals surface area contributed by atoms with Gasteiger partial charge in [-0.1, -0.05) is 18.2 Å². The molecule has 0 unspecified atom stereocenters. The summed E-state index contributed by atoms with van der Waals surface area (Å²) in [6.45, 7) is 3.26. The number of rotatable bonds is 4. The van der Waals surface area contributed by atoms with E-state index >= 15 is 0 Å². The van der Waals surface area contributed by atoms with E-state index in [1.165, 1.54) is 22.5 Å². The lowest BCUT2D eigenvalue weighted by atomic mass is 10.3. The van der Waals surface area contributed by atoms with Crippen molar-refractivity contribution in [2.24, 2.45) is 0 Å². The van der Waals surface area contributed by atoms with Gasteiger partial charge in [-0.05, 0) is 37.6 Å². The molecule has 0 atom stereocenters. The van der Waals surface area contributed by atoms with E-state index < -0.39 is 15.8 Å². The standard InChI is InChI=1S/C17H21FN2O3S/c1-2-3-4-6-17(21)19-11-5-12-20(14-13-19)24(22,23)16-9-7-15(18)8-10-16/h2-4,6-10H,5,11-14H2,1H3/b3-2+,6-4+. The third kappa shape index (κ3) is 4.52. The molecule has 0 spiro atoms. The van der Waals surface area contributed by atoms with Crippen LogP contribution in [0.2, 0.25) is 0 Å². The highest BCUT2D eigenvalue weighted by molar-refractivity contribution is 7.89. The van der Waals surface area contributed by atoms with Crippen molar-refractivity contribution < 1.29 is 17.6 Å². The molecule has 1 amide bonds. The molecule has 1 fully saturated rings. The quantitative estimate of drug-likeness (QED) is 0.616. The van der Waals surface area contributed by atoms with Crippen LogP contribution in [-0.2, 0) is 14.8 Å². The number of amides is 1. The average molecular weight is 352 g/mol. The lowest BCUT2D eigenvalue weighted by Gasteiger charge is -2.21. The zero-order chi connectivity index (χ0) is 17.6. The van der Waals surface area contributed by atoms with Gasteiger partial charge in [0, 0.05) is 32.3 Å². The lowest BCUT2D eigenvalue weighted by Crippen LogP contribution is -2.36. The predicted octanol–water partition coefficient (Wildman–Crippen LogP) is 2.18. The molecule has 24 heavy (non-hydrogen) atoms. The molecule has 1 heterocycles. The van der Waals surface area contributed by atoms with E-state index in [0.29, 0.717) is 26.1 Å². The van der Waals surface area contributed by atoms with E-state index in [-0.39, 0.29) is 17.3 Å². The summed E-state index contributed by atoms with van der Waals surface area (Å²) in [7, 11) is -3.67. The molecule has 1 aromatic rings. The minimum Gasteiger partial charge on any atom is -0.338 e. The molecule has 0 bridgehead atoms. The molecule has 0 aromatic heterocycles. The highest BCUT2D eigenvalue weighted by atomic mass is 32.2. The van der Waals surface area contributed by atoms with Gasteiger partial charge in [-0.2, -0.15) is 4.31 Å². The zero-order valence-corrected chi connectivity index (χ0v) is 14.4. The van der Waals surface area contributed by atoms with E-state index in [4.69, 9.17) is 0 Å². The van der Waals surface area contributed by atoms with Gasteiger partial charge < -0.3 is 4.90 Å². The van der Waals surface area contributed by atoms with Gasteiger partial charge in [0.2, 0.25) is 15.9 Å². The van der Waals surface area contributed by atoms with Crippen molar-refractivity contribution in [2.75, 3.05) is 26.2 Å². The molecule has 7 heteroatoms. The van der Waals surface area contributed by atoms with Crippen molar-refractivity contribution in [1.82, 2.24) is 9.21 Å². The minimum absolute atomic E-state index is 0.0663. The molecule has 2 rings (SSSR count). The summed E-state index contributed by atoms with van der Waals surface area (Å²) in [6.07, 6.45) is 7.29. The molecule has 1 aliphatic rings. The first-order valence-corrected chi connectivity index (χ1v) is 9.23. The molecule has 130 valence electrons. The fraction of sp³-hybridized carbons (Fsp3) is 0.353. The fourth-order valence-electron chi connectivity index (χ4n) is 2.46. The third-order valence-corrected chi connectivity index (χ3v) is 5.67. The van der Waals surface area contributed by atoms with Crippen LogP contribution < -0.4 is 0 Å². The summed E-state index contributed by atoms with van der Waals surface area (Å²) in [5, 5.41) is 0. The Bertz CT molecular complexity index is 727. The maximum absolute atomic E-state index is 13.0. The Morgan fingerprint density at radius 1 is 1.08 bits per heavy atom. The van der Waals surface area contributed by atoms with E-state index in [0.717, 1.165) is 12.1 Å². The maximum Gasteiger partial charge on any atom is 0.246 e. The second-order valence-corrected chi connectivity index (χ2v) is 7.36. The summed E-state index contributed by atoms with van der Waals surface area (Å²) in [4.78, 5) is 13.8. The van der Waals surface area contributed by atoms with Gasteiger partial charge in [0.05, 0.1) is 4.90 Å². The van der Waals surface area contributed by atoms with Crippen molar-refractivity contribution in [3.05, 3.63) is 54.4 Å². The highest BCUT2D eigenvalue weighted by Gasteiger charge is 2.27. The third-order valence-electron chi connectivity index (χ3n) is 3.76. The first kappa shape index (κ1) is 18.4. The van der Waals surface area contributed by atoms with Crippen molar-refractivity contribution in [2.45, 2.75) is 18.2 Å². The number of nitrogens with zero attached hydrogens (tertiary/aromatic N) is 2. The molecule has 0 radical (unpaired) electrons. The monoisotopic (exact) mass is 352 g/mol. The number of halogens is 1. The van der Waals surface area contributed by atoms with Crippen molar-refractivity contribution >= 4 is 15.9 Å². The number of hydrogen-bond acceptors (Lipinski definition) is 3. The fourth-order valence-corrected chi connectivity index (χ4v) is 3.93. The van der Waals surface area contributed by atoms with E-state index in [2.05, 4.69) is 0 Å². The van der Waals surface area contributed by atoms with Gasteiger partial charge in [-0.15, -0.1) is 0 Å². The SMILES string of the molecule is C/C=C/C=C/C(=O)N1CCCN(S(=O)(=O)c2ccc(F)cc2)CC1. The Morgan fingerprint density at radius 3 is 2.46 bits per heavy atom. The molecule has 1 aliphatic heterocycles. The Kier molecular flexibility index (Phi) is 6.28. The van der Waals surface area contributed by atoms with E-state index in [1.54, 1.807) is 17.1 Å². The smallest absolute Gasteiger partial charge is 0.246 e. The molecule has 1 saturated heterocycles. The van der Waals surface area contributed by atoms with Gasteiger partial charge in [0.1, 0.15) is 5.82 Å². The number of allylic oxidation sites excluding steroid dienone is 3. The normalized spacial score (nSPS) is 17.5. The van der Waals surface area contributed by atoms with E-state index in [1.807, 2.05) is 13.0 Å². The molecule has 0 saturated carbocycles. The van der Waals surface area contributed by atoms with Crippen LogP contribution in [0.3, 0.4) is 0 Å². The summed E-state index contributed by atoms with van der Waals surface area (Å²) < 4.78 is 39.6. The molecule has 1 aromatic carbocycles. The second-order valence-electron chi connectivity index (χ2n) is 5.42. The van der Waals surface area contributed by atoms with Crippen LogP contribution in [0.15, 0.2) is 53.5 Å². The average Bonchev–Trinajstić information content (AvgIpc) is 2.82. The number of carbonyl (C=O) groups is 1. The van der Waals surface area contributed by atoms with Crippen LogP contribution in [-0.4, -0.2) is 49.7 Å². The molecular formula is C17H21FN2O3S. The van der Waals surface area contributed by atoms with Gasteiger partial charge >= 0.3 is 0 Å². The van der Waals surface area contributed by atoms with Gasteiger partial charge in [-0.25, -0.2) is 12.8 Å². The van der Waals surface area contributed by atoms with Crippen LogP contribution in [0.5, 0.6) is 0 Å². The summed E-state index contributed by atoms with van der Waals surface area (Å²) in [5.74, 6) is -0.608. The second kappa shape index (κ2) is 8.21. The van der Waals surface area contributed by atoms with Crippen LogP contribution in [0.25, 0.3) is 0 Å². The minimum atomic E-state index is -3.67. The molecule has 0 aliphatic carbocycles. The van der Waals surface area contributed by atoms with Crippen LogP contribution in [0.4, 0.5) is 4.39 Å². The number of benzene rings is 1. The topological polar surface area (TPSA) is 57.7 Å². The first-order chi connectivity index (χ1) is 11.4. The van der Waals surface area contributed by atoms with Crippen molar-refractivity contribution in [3.8, 4) is 0 Å². The number of hydrogen-bond donors (Lipinski definition) is 0. The zero-order valence-electron chi connectivity index (χ0n) is 13.6. The number of carbonyl (C=O) groups excluding carboxylic acids is 1. The largest absolute Gasteiger partial charge is 0.338 e. The van der Waals surface area contributed by atoms with E-state index in [9.17, 15) is 17.6 Å². The van der Waals surface area contributed by atoms with Crippen LogP contribution >= 0.6 is 0 Å². The van der Waals surface area contributed by atoms with Crippen molar-refractivity contribution in [1.29, 1.82) is 0 Å². The molecular weight excluding hydrogens is 331 g/mol. The Morgan fingerprint density at radius 2 is 1.79 bits per heavy atom. The van der Waals surface area contributed by atoms with Gasteiger partial charge in [0.25, 0.3) is 0 Å². The maximum atomic E-state index is 13.0. The Hall–Kier alpha value is -1.99. The van der Waals surface area contributed by atoms with Crippen molar-refractivity contribution in [3.63, 3.8) is 0 Å².